The molecule has 0 spiro atoms. The van der Waals surface area contributed by atoms with Gasteiger partial charge in [-0.1, -0.05) is 26.0 Å². The lowest BCUT2D eigenvalue weighted by Gasteiger charge is -2.25. The average Bonchev–Trinajstić information content (AvgIpc) is 2.93. The molecule has 4 nitrogen and oxygen atoms in total. The zero-order valence-corrected chi connectivity index (χ0v) is 14.6. The van der Waals surface area contributed by atoms with Crippen LogP contribution in [-0.4, -0.2) is 18.4 Å². The van der Waals surface area contributed by atoms with Crippen LogP contribution >= 0.6 is 0 Å². The first kappa shape index (κ1) is 15.9. The van der Waals surface area contributed by atoms with Crippen molar-refractivity contribution in [3.8, 4) is 0 Å². The molecular formula is C21H22N2O2. The minimum atomic E-state index is -0.118. The zero-order chi connectivity index (χ0) is 17.6. The molecule has 4 heteroatoms. The number of benzene rings is 2. The summed E-state index contributed by atoms with van der Waals surface area (Å²) in [6.07, 6.45) is 2.29. The van der Waals surface area contributed by atoms with Crippen LogP contribution in [0.1, 0.15) is 53.2 Å². The van der Waals surface area contributed by atoms with Crippen molar-refractivity contribution >= 4 is 23.2 Å². The first-order valence-corrected chi connectivity index (χ1v) is 8.90. The summed E-state index contributed by atoms with van der Waals surface area (Å²) in [6, 6.07) is 11.8. The van der Waals surface area contributed by atoms with Crippen LogP contribution in [0.4, 0.5) is 11.4 Å². The summed E-state index contributed by atoms with van der Waals surface area (Å²) in [5, 5.41) is 2.97. The van der Waals surface area contributed by atoms with E-state index in [1.54, 1.807) is 0 Å². The fourth-order valence-electron chi connectivity index (χ4n) is 3.76. The van der Waals surface area contributed by atoms with Gasteiger partial charge < -0.3 is 10.2 Å². The number of amides is 2. The fraction of sp³-hybridized carbons (Fsp3) is 0.333. The summed E-state index contributed by atoms with van der Waals surface area (Å²) in [5.41, 5.74) is 5.84. The lowest BCUT2D eigenvalue weighted by Crippen LogP contribution is -2.31. The van der Waals surface area contributed by atoms with Gasteiger partial charge in [0.2, 0.25) is 5.91 Å². The quantitative estimate of drug-likeness (QED) is 0.925. The molecule has 0 atom stereocenters. The van der Waals surface area contributed by atoms with E-state index >= 15 is 0 Å². The number of hydrogen-bond donors (Lipinski definition) is 1. The van der Waals surface area contributed by atoms with Gasteiger partial charge in [-0.15, -0.1) is 0 Å². The lowest BCUT2D eigenvalue weighted by molar-refractivity contribution is -0.117. The number of rotatable bonds is 3. The molecular weight excluding hydrogens is 312 g/mol. The van der Waals surface area contributed by atoms with Crippen molar-refractivity contribution in [1.29, 1.82) is 0 Å². The predicted molar refractivity (Wildman–Crippen MR) is 99.3 cm³/mol. The number of aryl methyl sites for hydroxylation is 1. The Morgan fingerprint density at radius 1 is 1.12 bits per heavy atom. The molecule has 4 rings (SSSR count). The van der Waals surface area contributed by atoms with Gasteiger partial charge in [0.05, 0.1) is 12.1 Å². The van der Waals surface area contributed by atoms with Crippen molar-refractivity contribution in [2.45, 2.75) is 39.0 Å². The van der Waals surface area contributed by atoms with Gasteiger partial charge in [0.1, 0.15) is 0 Å². The molecule has 0 aliphatic carbocycles. The van der Waals surface area contributed by atoms with E-state index in [0.29, 0.717) is 17.9 Å². The number of carbonyl (C=O) groups excluding carboxylic acids is 2. The van der Waals surface area contributed by atoms with E-state index in [0.717, 1.165) is 41.9 Å². The predicted octanol–water partition coefficient (Wildman–Crippen LogP) is 3.90. The van der Waals surface area contributed by atoms with Gasteiger partial charge >= 0.3 is 0 Å². The molecule has 0 saturated carbocycles. The smallest absolute Gasteiger partial charge is 0.255 e. The van der Waals surface area contributed by atoms with E-state index in [9.17, 15) is 9.59 Å². The molecule has 25 heavy (non-hydrogen) atoms. The maximum absolute atomic E-state index is 12.7. The van der Waals surface area contributed by atoms with Crippen LogP contribution in [0.5, 0.6) is 0 Å². The van der Waals surface area contributed by atoms with Crippen LogP contribution < -0.4 is 10.2 Å². The highest BCUT2D eigenvalue weighted by Crippen LogP contribution is 2.37. The number of hydrogen-bond acceptors (Lipinski definition) is 2. The standard InChI is InChI=1S/C21H22N2O2/c1-13(2)14-5-7-18(8-6-14)22-21(25)17-10-15-4-3-9-23-19(24)12-16(11-17)20(15)23/h5-8,10-11,13H,3-4,9,12H2,1-2H3,(H,22,25). The Morgan fingerprint density at radius 2 is 1.84 bits per heavy atom. The molecule has 0 radical (unpaired) electrons. The molecule has 0 unspecified atom stereocenters. The van der Waals surface area contributed by atoms with Crippen LogP contribution in [0, 0.1) is 0 Å². The van der Waals surface area contributed by atoms with E-state index in [4.69, 9.17) is 0 Å². The minimum absolute atomic E-state index is 0.118. The second-order valence-electron chi connectivity index (χ2n) is 7.20. The fourth-order valence-corrected chi connectivity index (χ4v) is 3.76. The largest absolute Gasteiger partial charge is 0.322 e. The average molecular weight is 334 g/mol. The molecule has 2 heterocycles. The second kappa shape index (κ2) is 6.03. The first-order valence-electron chi connectivity index (χ1n) is 8.90. The van der Waals surface area contributed by atoms with E-state index in [1.807, 2.05) is 41.3 Å². The monoisotopic (exact) mass is 334 g/mol. The molecule has 0 fully saturated rings. The van der Waals surface area contributed by atoms with Crippen LogP contribution in [-0.2, 0) is 17.6 Å². The lowest BCUT2D eigenvalue weighted by atomic mass is 9.96. The van der Waals surface area contributed by atoms with Gasteiger partial charge in [-0.05, 0) is 59.7 Å². The van der Waals surface area contributed by atoms with E-state index in [-0.39, 0.29) is 11.8 Å². The Labute approximate surface area is 147 Å². The van der Waals surface area contributed by atoms with Gasteiger partial charge in [-0.3, -0.25) is 9.59 Å². The van der Waals surface area contributed by atoms with Crippen LogP contribution in [0.15, 0.2) is 36.4 Å². The number of nitrogens with zero attached hydrogens (tertiary/aromatic N) is 1. The summed E-state index contributed by atoms with van der Waals surface area (Å²) in [5.74, 6) is 0.501. The van der Waals surface area contributed by atoms with Gasteiger partial charge in [0.25, 0.3) is 5.91 Å². The SMILES string of the molecule is CC(C)c1ccc(NC(=O)c2cc3c4c(c2)CC(=O)N4CCC3)cc1. The molecule has 2 aliphatic heterocycles. The topological polar surface area (TPSA) is 49.4 Å². The Bertz CT molecular complexity index is 853. The highest BCUT2D eigenvalue weighted by molar-refractivity contribution is 6.08. The van der Waals surface area contributed by atoms with Crippen molar-refractivity contribution in [1.82, 2.24) is 0 Å². The van der Waals surface area contributed by atoms with Crippen molar-refractivity contribution in [3.63, 3.8) is 0 Å². The van der Waals surface area contributed by atoms with E-state index < -0.39 is 0 Å². The Hall–Kier alpha value is -2.62. The van der Waals surface area contributed by atoms with Crippen molar-refractivity contribution in [3.05, 3.63) is 58.7 Å². The van der Waals surface area contributed by atoms with E-state index in [2.05, 4.69) is 19.2 Å². The number of carbonyl (C=O) groups is 2. The van der Waals surface area contributed by atoms with Crippen LogP contribution in [0.2, 0.25) is 0 Å². The third-order valence-corrected chi connectivity index (χ3v) is 5.11. The van der Waals surface area contributed by atoms with Gasteiger partial charge in [-0.2, -0.15) is 0 Å². The molecule has 2 amide bonds. The molecule has 2 aromatic rings. The summed E-state index contributed by atoms with van der Waals surface area (Å²) < 4.78 is 0. The molecule has 0 saturated heterocycles. The molecule has 2 aliphatic rings. The van der Waals surface area contributed by atoms with Crippen molar-refractivity contribution in [2.24, 2.45) is 0 Å². The summed E-state index contributed by atoms with van der Waals surface area (Å²) >= 11 is 0. The number of nitrogens with one attached hydrogen (secondary N) is 1. The highest BCUT2D eigenvalue weighted by Gasteiger charge is 2.32. The van der Waals surface area contributed by atoms with Crippen molar-refractivity contribution < 1.29 is 9.59 Å². The molecule has 0 bridgehead atoms. The van der Waals surface area contributed by atoms with E-state index in [1.165, 1.54) is 5.56 Å². The molecule has 0 aromatic heterocycles. The summed E-state index contributed by atoms with van der Waals surface area (Å²) in [4.78, 5) is 26.7. The van der Waals surface area contributed by atoms with Crippen LogP contribution in [0.3, 0.4) is 0 Å². The van der Waals surface area contributed by atoms with Gasteiger partial charge in [-0.25, -0.2) is 0 Å². The second-order valence-corrected chi connectivity index (χ2v) is 7.20. The van der Waals surface area contributed by atoms with Gasteiger partial charge in [0, 0.05) is 17.8 Å². The molecule has 1 N–H and O–H groups in total. The van der Waals surface area contributed by atoms with Gasteiger partial charge in [0.15, 0.2) is 0 Å². The Balaban J connectivity index is 1.59. The normalized spacial score (nSPS) is 15.5. The van der Waals surface area contributed by atoms with Crippen LogP contribution in [0.25, 0.3) is 0 Å². The maximum atomic E-state index is 12.7. The summed E-state index contributed by atoms with van der Waals surface area (Å²) in [6.45, 7) is 5.09. The zero-order valence-electron chi connectivity index (χ0n) is 14.6. The van der Waals surface area contributed by atoms with Crippen molar-refractivity contribution in [2.75, 3.05) is 16.8 Å². The highest BCUT2D eigenvalue weighted by atomic mass is 16.2. The minimum Gasteiger partial charge on any atom is -0.322 e. The maximum Gasteiger partial charge on any atom is 0.255 e. The molecule has 128 valence electrons. The third kappa shape index (κ3) is 2.82. The molecule has 2 aromatic carbocycles. The third-order valence-electron chi connectivity index (χ3n) is 5.11. The summed E-state index contributed by atoms with van der Waals surface area (Å²) in [7, 11) is 0. The number of anilines is 2. The Kier molecular flexibility index (Phi) is 3.83. The Morgan fingerprint density at radius 3 is 2.56 bits per heavy atom. The first-order chi connectivity index (χ1) is 12.0.